The van der Waals surface area contributed by atoms with Gasteiger partial charge >= 0.3 is 5.97 Å². The lowest BCUT2D eigenvalue weighted by Crippen LogP contribution is -2.54. The molecule has 0 spiro atoms. The molecule has 0 aliphatic carbocycles. The molecular weight excluding hydrogens is 402 g/mol. The van der Waals surface area contributed by atoms with Crippen molar-refractivity contribution in [1.29, 1.82) is 0 Å². The van der Waals surface area contributed by atoms with Gasteiger partial charge < -0.3 is 37.8 Å². The molecule has 0 saturated carbocycles. The minimum Gasteiger partial charge on any atom is -0.480 e. The van der Waals surface area contributed by atoms with Gasteiger partial charge in [0.25, 0.3) is 0 Å². The van der Waals surface area contributed by atoms with E-state index in [-0.39, 0.29) is 18.3 Å². The van der Waals surface area contributed by atoms with Crippen molar-refractivity contribution in [3.63, 3.8) is 0 Å². The van der Waals surface area contributed by atoms with Gasteiger partial charge in [-0.15, -0.1) is 0 Å². The standard InChI is InChI=1S/C16H29N7O5S/c17-9(3-1-5-20-16(18)19)13(25)22-10(8-29)14(26)21-7-12(24)23-6-2-4-11(23)15(27)28/h9-11,29H,1-8,17H2,(H,21,26)(H,22,25)(H,27,28)(H4,18,19,20). The zero-order valence-corrected chi connectivity index (χ0v) is 16.9. The lowest BCUT2D eigenvalue weighted by molar-refractivity contribution is -0.148. The molecule has 9 N–H and O–H groups in total. The van der Waals surface area contributed by atoms with Gasteiger partial charge in [-0.3, -0.25) is 19.4 Å². The van der Waals surface area contributed by atoms with E-state index in [1.807, 2.05) is 0 Å². The van der Waals surface area contributed by atoms with E-state index >= 15 is 0 Å². The van der Waals surface area contributed by atoms with Crippen LogP contribution in [0.3, 0.4) is 0 Å². The van der Waals surface area contributed by atoms with Crippen molar-refractivity contribution in [2.45, 2.75) is 43.8 Å². The molecule has 0 radical (unpaired) electrons. The Labute approximate surface area is 174 Å². The number of aliphatic carboxylic acids is 1. The van der Waals surface area contributed by atoms with Crippen molar-refractivity contribution in [3.8, 4) is 0 Å². The largest absolute Gasteiger partial charge is 0.480 e. The fourth-order valence-corrected chi connectivity index (χ4v) is 3.09. The van der Waals surface area contributed by atoms with E-state index in [9.17, 15) is 19.2 Å². The maximum Gasteiger partial charge on any atom is 0.326 e. The first-order valence-electron chi connectivity index (χ1n) is 9.19. The minimum atomic E-state index is -1.07. The molecule has 0 aromatic rings. The van der Waals surface area contributed by atoms with Crippen molar-refractivity contribution in [3.05, 3.63) is 0 Å². The highest BCUT2D eigenvalue weighted by Crippen LogP contribution is 2.17. The average Bonchev–Trinajstić information content (AvgIpc) is 3.17. The van der Waals surface area contributed by atoms with Crippen LogP contribution >= 0.6 is 12.6 Å². The Bertz CT molecular complexity index is 641. The van der Waals surface area contributed by atoms with Crippen LogP contribution in [0, 0.1) is 0 Å². The number of likely N-dealkylation sites (tertiary alicyclic amines) is 1. The molecule has 29 heavy (non-hydrogen) atoms. The van der Waals surface area contributed by atoms with Crippen LogP contribution in [0.25, 0.3) is 0 Å². The zero-order chi connectivity index (χ0) is 22.0. The lowest BCUT2D eigenvalue weighted by Gasteiger charge is -2.23. The van der Waals surface area contributed by atoms with Crippen LogP contribution in [-0.2, 0) is 19.2 Å². The number of hydrogen-bond acceptors (Lipinski definition) is 7. The number of carboxylic acids is 1. The highest BCUT2D eigenvalue weighted by Gasteiger charge is 2.34. The number of aliphatic imine (C=N–C) groups is 1. The van der Waals surface area contributed by atoms with E-state index < -0.39 is 41.8 Å². The van der Waals surface area contributed by atoms with Gasteiger partial charge in [0.15, 0.2) is 5.96 Å². The van der Waals surface area contributed by atoms with Gasteiger partial charge in [0.1, 0.15) is 12.1 Å². The van der Waals surface area contributed by atoms with Crippen molar-refractivity contribution < 1.29 is 24.3 Å². The first kappa shape index (κ1) is 24.5. The van der Waals surface area contributed by atoms with E-state index in [4.69, 9.17) is 22.3 Å². The molecule has 0 aromatic heterocycles. The van der Waals surface area contributed by atoms with E-state index in [0.717, 1.165) is 0 Å². The second-order valence-electron chi connectivity index (χ2n) is 6.60. The molecule has 0 aromatic carbocycles. The van der Waals surface area contributed by atoms with Crippen LogP contribution in [0.5, 0.6) is 0 Å². The molecule has 3 amide bonds. The third kappa shape index (κ3) is 8.15. The third-order valence-electron chi connectivity index (χ3n) is 4.39. The van der Waals surface area contributed by atoms with Gasteiger partial charge in [-0.2, -0.15) is 12.6 Å². The van der Waals surface area contributed by atoms with Crippen molar-refractivity contribution in [1.82, 2.24) is 15.5 Å². The Kier molecular flexibility index (Phi) is 10.2. The van der Waals surface area contributed by atoms with Gasteiger partial charge in [0, 0.05) is 18.8 Å². The monoisotopic (exact) mass is 431 g/mol. The van der Waals surface area contributed by atoms with Crippen LogP contribution in [0.2, 0.25) is 0 Å². The molecule has 12 nitrogen and oxygen atoms in total. The molecule has 3 atom stereocenters. The molecule has 1 aliphatic heterocycles. The van der Waals surface area contributed by atoms with E-state index in [2.05, 4.69) is 28.3 Å². The van der Waals surface area contributed by atoms with Gasteiger partial charge in [-0.05, 0) is 25.7 Å². The van der Waals surface area contributed by atoms with Crippen LogP contribution in [0.4, 0.5) is 0 Å². The zero-order valence-electron chi connectivity index (χ0n) is 16.0. The van der Waals surface area contributed by atoms with Crippen LogP contribution < -0.4 is 27.8 Å². The highest BCUT2D eigenvalue weighted by molar-refractivity contribution is 7.80. The molecule has 1 fully saturated rings. The smallest absolute Gasteiger partial charge is 0.326 e. The number of thiol groups is 1. The second-order valence-corrected chi connectivity index (χ2v) is 6.97. The van der Waals surface area contributed by atoms with E-state index in [1.54, 1.807) is 0 Å². The van der Waals surface area contributed by atoms with Crippen LogP contribution in [0.15, 0.2) is 4.99 Å². The van der Waals surface area contributed by atoms with Crippen LogP contribution in [0.1, 0.15) is 25.7 Å². The summed E-state index contributed by atoms with van der Waals surface area (Å²) >= 11 is 4.04. The van der Waals surface area contributed by atoms with Gasteiger partial charge in [0.2, 0.25) is 17.7 Å². The maximum atomic E-state index is 12.3. The summed E-state index contributed by atoms with van der Waals surface area (Å²) in [5.41, 5.74) is 16.2. The summed E-state index contributed by atoms with van der Waals surface area (Å²) < 4.78 is 0. The predicted molar refractivity (Wildman–Crippen MR) is 109 cm³/mol. The van der Waals surface area contributed by atoms with Crippen molar-refractivity contribution >= 4 is 42.3 Å². The molecule has 1 saturated heterocycles. The fourth-order valence-electron chi connectivity index (χ4n) is 2.83. The number of rotatable bonds is 11. The first-order chi connectivity index (χ1) is 13.7. The summed E-state index contributed by atoms with van der Waals surface area (Å²) in [6.45, 7) is 0.288. The number of guanidine groups is 1. The Morgan fingerprint density at radius 1 is 1.24 bits per heavy atom. The predicted octanol–water partition coefficient (Wildman–Crippen LogP) is -3.03. The quantitative estimate of drug-likeness (QED) is 0.0773. The Morgan fingerprint density at radius 3 is 2.52 bits per heavy atom. The topological polar surface area (TPSA) is 206 Å². The summed E-state index contributed by atoms with van der Waals surface area (Å²) in [7, 11) is 0. The van der Waals surface area contributed by atoms with Crippen molar-refractivity contribution in [2.24, 2.45) is 22.2 Å². The normalized spacial score (nSPS) is 17.9. The Balaban J connectivity index is 2.46. The van der Waals surface area contributed by atoms with Gasteiger partial charge in [0.05, 0.1) is 12.6 Å². The van der Waals surface area contributed by atoms with E-state index in [1.165, 1.54) is 4.90 Å². The first-order valence-corrected chi connectivity index (χ1v) is 9.82. The fraction of sp³-hybridized carbons (Fsp3) is 0.688. The number of hydrogen-bond donors (Lipinski definition) is 7. The molecule has 1 aliphatic rings. The number of nitrogens with zero attached hydrogens (tertiary/aromatic N) is 2. The summed E-state index contributed by atoms with van der Waals surface area (Å²) in [5.74, 6) is -2.77. The number of carbonyl (C=O) groups is 4. The summed E-state index contributed by atoms with van der Waals surface area (Å²) in [6.07, 6.45) is 1.77. The number of carbonyl (C=O) groups excluding carboxylic acids is 3. The molecule has 1 rings (SSSR count). The highest BCUT2D eigenvalue weighted by atomic mass is 32.1. The van der Waals surface area contributed by atoms with Crippen molar-refractivity contribution in [2.75, 3.05) is 25.4 Å². The molecule has 1 heterocycles. The number of carboxylic acid groups (broad SMARTS) is 1. The average molecular weight is 432 g/mol. The number of amides is 3. The molecule has 164 valence electrons. The molecular formula is C16H29N7O5S. The molecule has 13 heteroatoms. The SMILES string of the molecule is NC(N)=NCCCC(N)C(=O)NC(CS)C(=O)NCC(=O)N1CCCC1C(=O)O. The van der Waals surface area contributed by atoms with Gasteiger partial charge in [-0.25, -0.2) is 4.79 Å². The third-order valence-corrected chi connectivity index (χ3v) is 4.76. The van der Waals surface area contributed by atoms with E-state index in [0.29, 0.717) is 38.8 Å². The summed E-state index contributed by atoms with van der Waals surface area (Å²) in [6, 6.07) is -2.73. The minimum absolute atomic E-state index is 0.00600. The number of nitrogens with two attached hydrogens (primary N) is 3. The molecule has 0 bridgehead atoms. The van der Waals surface area contributed by atoms with Crippen LogP contribution in [-0.4, -0.2) is 83.2 Å². The Hall–Kier alpha value is -2.54. The molecule has 3 unspecified atom stereocenters. The summed E-state index contributed by atoms with van der Waals surface area (Å²) in [5, 5.41) is 14.0. The Morgan fingerprint density at radius 2 is 1.93 bits per heavy atom. The second kappa shape index (κ2) is 12.1. The lowest BCUT2D eigenvalue weighted by atomic mass is 10.1. The summed E-state index contributed by atoms with van der Waals surface area (Å²) in [4.78, 5) is 52.7. The number of nitrogens with one attached hydrogen (secondary N) is 2. The maximum absolute atomic E-state index is 12.3. The van der Waals surface area contributed by atoms with Gasteiger partial charge in [-0.1, -0.05) is 0 Å².